The highest BCUT2D eigenvalue weighted by Gasteiger charge is 2.22. The molecule has 3 aromatic rings. The van der Waals surface area contributed by atoms with Gasteiger partial charge in [0.05, 0.1) is 12.5 Å². The summed E-state index contributed by atoms with van der Waals surface area (Å²) in [5, 5.41) is 9.67. The van der Waals surface area contributed by atoms with E-state index in [9.17, 15) is 0 Å². The van der Waals surface area contributed by atoms with Crippen molar-refractivity contribution in [3.05, 3.63) is 60.4 Å². The molecule has 0 spiro atoms. The molecule has 6 heteroatoms. The molecule has 4 rings (SSSR count). The Morgan fingerprint density at radius 2 is 1.82 bits per heavy atom. The summed E-state index contributed by atoms with van der Waals surface area (Å²) in [6.07, 6.45) is 3.68. The van der Waals surface area contributed by atoms with Gasteiger partial charge >= 0.3 is 0 Å². The van der Waals surface area contributed by atoms with E-state index in [2.05, 4.69) is 48.9 Å². The van der Waals surface area contributed by atoms with Crippen molar-refractivity contribution in [3.8, 4) is 11.4 Å². The molecule has 1 aliphatic rings. The molecule has 2 aromatic heterocycles. The molecule has 0 amide bonds. The van der Waals surface area contributed by atoms with E-state index in [4.69, 9.17) is 0 Å². The van der Waals surface area contributed by atoms with Crippen LogP contribution < -0.4 is 0 Å². The van der Waals surface area contributed by atoms with Crippen LogP contribution in [0.4, 0.5) is 0 Å². The zero-order valence-electron chi connectivity index (χ0n) is 12.0. The van der Waals surface area contributed by atoms with Gasteiger partial charge in [0.25, 0.3) is 0 Å². The van der Waals surface area contributed by atoms with Crippen molar-refractivity contribution in [2.75, 3.05) is 5.88 Å². The Bertz CT molecular complexity index is 757. The first-order valence-electron chi connectivity index (χ1n) is 7.13. The van der Waals surface area contributed by atoms with Gasteiger partial charge in [0.15, 0.2) is 11.0 Å². The second kappa shape index (κ2) is 5.90. The van der Waals surface area contributed by atoms with Gasteiger partial charge in [-0.05, 0) is 17.7 Å². The van der Waals surface area contributed by atoms with Crippen molar-refractivity contribution in [3.63, 3.8) is 0 Å². The van der Waals surface area contributed by atoms with E-state index in [0.717, 1.165) is 35.6 Å². The van der Waals surface area contributed by atoms with Gasteiger partial charge in [-0.1, -0.05) is 42.1 Å². The molecule has 0 unspecified atom stereocenters. The highest BCUT2D eigenvalue weighted by atomic mass is 32.2. The highest BCUT2D eigenvalue weighted by Crippen LogP contribution is 2.29. The molecule has 0 saturated carbocycles. The summed E-state index contributed by atoms with van der Waals surface area (Å²) in [5.41, 5.74) is 2.38. The monoisotopic (exact) mass is 309 g/mol. The Labute approximate surface area is 133 Å². The van der Waals surface area contributed by atoms with Gasteiger partial charge in [0.2, 0.25) is 0 Å². The molecule has 22 heavy (non-hydrogen) atoms. The van der Waals surface area contributed by atoms with Gasteiger partial charge in [-0.25, -0.2) is 0 Å². The van der Waals surface area contributed by atoms with Crippen LogP contribution in [0.1, 0.15) is 5.56 Å². The van der Waals surface area contributed by atoms with Crippen LogP contribution in [0.15, 0.2) is 60.0 Å². The number of hydrogen-bond acceptors (Lipinski definition) is 5. The van der Waals surface area contributed by atoms with E-state index in [1.165, 1.54) is 5.56 Å². The maximum Gasteiger partial charge on any atom is 0.193 e. The van der Waals surface area contributed by atoms with Crippen molar-refractivity contribution in [2.24, 2.45) is 0 Å². The number of thioether (sulfide) groups is 1. The quantitative estimate of drug-likeness (QED) is 0.744. The van der Waals surface area contributed by atoms with Crippen molar-refractivity contribution in [1.82, 2.24) is 24.6 Å². The molecule has 1 aromatic carbocycles. The third kappa shape index (κ3) is 2.63. The van der Waals surface area contributed by atoms with Crippen LogP contribution in [-0.2, 0) is 13.2 Å². The third-order valence-corrected chi connectivity index (χ3v) is 4.68. The Hall–Kier alpha value is -2.18. The number of benzene rings is 1. The van der Waals surface area contributed by atoms with Crippen molar-refractivity contribution in [1.29, 1.82) is 0 Å². The number of pyridine rings is 1. The summed E-state index contributed by atoms with van der Waals surface area (Å²) in [5.74, 6) is 1.86. The lowest BCUT2D eigenvalue weighted by Gasteiger charge is -2.27. The van der Waals surface area contributed by atoms with E-state index in [1.807, 2.05) is 30.6 Å². The van der Waals surface area contributed by atoms with Crippen LogP contribution in [0, 0.1) is 0 Å². The first-order chi connectivity index (χ1) is 10.9. The van der Waals surface area contributed by atoms with Gasteiger partial charge in [-0.15, -0.1) is 10.2 Å². The topological polar surface area (TPSA) is 46.8 Å². The molecule has 0 aliphatic carbocycles. The van der Waals surface area contributed by atoms with Gasteiger partial charge in [0.1, 0.15) is 0 Å². The average Bonchev–Trinajstić information content (AvgIpc) is 3.00. The summed E-state index contributed by atoms with van der Waals surface area (Å²) < 4.78 is 2.19. The second-order valence-corrected chi connectivity index (χ2v) is 6.11. The predicted octanol–water partition coefficient (Wildman–Crippen LogP) is 2.86. The fourth-order valence-electron chi connectivity index (χ4n) is 2.56. The molecular formula is C16H15N5S. The molecule has 0 atom stereocenters. The fraction of sp³-hybridized carbons (Fsp3) is 0.188. The first kappa shape index (κ1) is 13.5. The smallest absolute Gasteiger partial charge is 0.193 e. The maximum atomic E-state index is 4.37. The number of rotatable bonds is 3. The van der Waals surface area contributed by atoms with Gasteiger partial charge in [-0.2, -0.15) is 0 Å². The molecule has 0 saturated heterocycles. The zero-order chi connectivity index (χ0) is 14.8. The Morgan fingerprint density at radius 3 is 2.64 bits per heavy atom. The predicted molar refractivity (Wildman–Crippen MR) is 86.0 cm³/mol. The van der Waals surface area contributed by atoms with E-state index < -0.39 is 0 Å². The average molecular weight is 309 g/mol. The minimum Gasteiger partial charge on any atom is -0.288 e. The molecule has 3 heterocycles. The highest BCUT2D eigenvalue weighted by molar-refractivity contribution is 7.99. The van der Waals surface area contributed by atoms with Crippen molar-refractivity contribution >= 4 is 11.8 Å². The van der Waals surface area contributed by atoms with Crippen LogP contribution in [0.2, 0.25) is 0 Å². The summed E-state index contributed by atoms with van der Waals surface area (Å²) in [6.45, 7) is 1.71. The number of nitrogens with zero attached hydrogens (tertiary/aromatic N) is 5. The van der Waals surface area contributed by atoms with Crippen LogP contribution in [-0.4, -0.2) is 30.5 Å². The molecule has 5 nitrogen and oxygen atoms in total. The lowest BCUT2D eigenvalue weighted by atomic mass is 10.2. The van der Waals surface area contributed by atoms with E-state index in [-0.39, 0.29) is 0 Å². The SMILES string of the molecule is c1ccc(-c2nnc3n2CN(Cc2ccncc2)CS3)cc1. The van der Waals surface area contributed by atoms with Crippen LogP contribution >= 0.6 is 11.8 Å². The maximum absolute atomic E-state index is 4.37. The lowest BCUT2D eigenvalue weighted by molar-refractivity contribution is 0.231. The lowest BCUT2D eigenvalue weighted by Crippen LogP contribution is -2.30. The van der Waals surface area contributed by atoms with Gasteiger partial charge < -0.3 is 0 Å². The van der Waals surface area contributed by atoms with Crippen LogP contribution in [0.25, 0.3) is 11.4 Å². The minimum atomic E-state index is 0.807. The molecule has 0 radical (unpaired) electrons. The summed E-state index contributed by atoms with van der Waals surface area (Å²) in [7, 11) is 0. The Balaban J connectivity index is 1.59. The molecule has 110 valence electrons. The molecule has 0 N–H and O–H groups in total. The van der Waals surface area contributed by atoms with Gasteiger partial charge in [0, 0.05) is 24.5 Å². The van der Waals surface area contributed by atoms with Crippen LogP contribution in [0.5, 0.6) is 0 Å². The number of fused-ring (bicyclic) bond motifs is 1. The first-order valence-corrected chi connectivity index (χ1v) is 8.11. The van der Waals surface area contributed by atoms with Crippen molar-refractivity contribution in [2.45, 2.75) is 18.4 Å². The van der Waals surface area contributed by atoms with Gasteiger partial charge in [-0.3, -0.25) is 14.5 Å². The molecule has 0 bridgehead atoms. The fourth-order valence-corrected chi connectivity index (χ4v) is 3.43. The normalized spacial score (nSPS) is 14.7. The molecule has 1 aliphatic heterocycles. The minimum absolute atomic E-state index is 0.807. The Morgan fingerprint density at radius 1 is 1.00 bits per heavy atom. The largest absolute Gasteiger partial charge is 0.288 e. The second-order valence-electron chi connectivity index (χ2n) is 5.20. The summed E-state index contributed by atoms with van der Waals surface area (Å²) >= 11 is 1.73. The summed E-state index contributed by atoms with van der Waals surface area (Å²) in [6, 6.07) is 14.3. The van der Waals surface area contributed by atoms with E-state index in [1.54, 1.807) is 11.8 Å². The number of hydrogen-bond donors (Lipinski definition) is 0. The van der Waals surface area contributed by atoms with Crippen LogP contribution in [0.3, 0.4) is 0 Å². The zero-order valence-corrected chi connectivity index (χ0v) is 12.8. The standard InChI is InChI=1S/C16H15N5S/c1-2-4-14(5-3-1)15-18-19-16-21(15)11-20(12-22-16)10-13-6-8-17-9-7-13/h1-9H,10-12H2. The Kier molecular flexibility index (Phi) is 3.62. The third-order valence-electron chi connectivity index (χ3n) is 3.62. The molecule has 0 fully saturated rings. The number of aromatic nitrogens is 4. The van der Waals surface area contributed by atoms with Crippen molar-refractivity contribution < 1.29 is 0 Å². The summed E-state index contributed by atoms with van der Waals surface area (Å²) in [4.78, 5) is 6.45. The van der Waals surface area contributed by atoms with E-state index in [0.29, 0.717) is 0 Å². The molecular weight excluding hydrogens is 294 g/mol. The van der Waals surface area contributed by atoms with E-state index >= 15 is 0 Å².